The molecule has 0 saturated carbocycles. The maximum Gasteiger partial charge on any atom is 0.229 e. The third kappa shape index (κ3) is 2.28. The van der Waals surface area contributed by atoms with Crippen molar-refractivity contribution in [1.82, 2.24) is 15.3 Å². The molecule has 1 amide bonds. The second kappa shape index (κ2) is 4.05. The Kier molecular flexibility index (Phi) is 2.85. The summed E-state index contributed by atoms with van der Waals surface area (Å²) in [6.07, 6.45) is 1.75. The minimum absolute atomic E-state index is 0.151. The maximum atomic E-state index is 13.7. The van der Waals surface area contributed by atoms with Gasteiger partial charge in [-0.1, -0.05) is 20.8 Å². The highest BCUT2D eigenvalue weighted by molar-refractivity contribution is 5.85. The monoisotopic (exact) mass is 237 g/mol. The highest BCUT2D eigenvalue weighted by Crippen LogP contribution is 2.26. The van der Waals surface area contributed by atoms with E-state index in [0.29, 0.717) is 18.8 Å². The van der Waals surface area contributed by atoms with Crippen molar-refractivity contribution in [3.8, 4) is 0 Å². The summed E-state index contributed by atoms with van der Waals surface area (Å²) in [4.78, 5) is 19.8. The zero-order valence-electron chi connectivity index (χ0n) is 10.2. The van der Waals surface area contributed by atoms with Gasteiger partial charge in [0.1, 0.15) is 5.82 Å². The molecule has 0 radical (unpaired) electrons. The molecule has 1 aromatic rings. The van der Waals surface area contributed by atoms with Gasteiger partial charge in [0.05, 0.1) is 17.8 Å². The van der Waals surface area contributed by atoms with E-state index in [-0.39, 0.29) is 17.0 Å². The SMILES string of the molecule is CC(C)(C)c1ncc(F)c([C@@H]2CCNC2=O)n1. The van der Waals surface area contributed by atoms with Gasteiger partial charge in [-0.2, -0.15) is 0 Å². The van der Waals surface area contributed by atoms with Crippen LogP contribution in [-0.2, 0) is 10.2 Å². The normalized spacial score (nSPS) is 20.5. The summed E-state index contributed by atoms with van der Waals surface area (Å²) in [5, 5.41) is 2.69. The van der Waals surface area contributed by atoms with E-state index in [4.69, 9.17) is 0 Å². The first-order valence-electron chi connectivity index (χ1n) is 5.70. The number of halogens is 1. The number of carbonyl (C=O) groups excluding carboxylic acids is 1. The Morgan fingerprint density at radius 3 is 2.71 bits per heavy atom. The van der Waals surface area contributed by atoms with Crippen LogP contribution >= 0.6 is 0 Å². The molecule has 0 aromatic carbocycles. The van der Waals surface area contributed by atoms with E-state index >= 15 is 0 Å². The topological polar surface area (TPSA) is 54.9 Å². The Balaban J connectivity index is 2.42. The molecule has 0 bridgehead atoms. The van der Waals surface area contributed by atoms with Crippen molar-refractivity contribution in [2.75, 3.05) is 6.54 Å². The first-order valence-corrected chi connectivity index (χ1v) is 5.70. The van der Waals surface area contributed by atoms with Gasteiger partial charge in [-0.05, 0) is 6.42 Å². The fourth-order valence-electron chi connectivity index (χ4n) is 1.84. The molecule has 0 unspecified atom stereocenters. The van der Waals surface area contributed by atoms with Crippen LogP contribution in [0.25, 0.3) is 0 Å². The van der Waals surface area contributed by atoms with Crippen LogP contribution in [0.15, 0.2) is 6.20 Å². The lowest BCUT2D eigenvalue weighted by Gasteiger charge is -2.18. The Labute approximate surface area is 99.7 Å². The molecule has 2 heterocycles. The summed E-state index contributed by atoms with van der Waals surface area (Å²) in [6, 6.07) is 0. The van der Waals surface area contributed by atoms with Gasteiger partial charge in [-0.25, -0.2) is 14.4 Å². The van der Waals surface area contributed by atoms with Crippen LogP contribution in [0.4, 0.5) is 4.39 Å². The Bertz CT molecular complexity index is 454. The third-order valence-corrected chi connectivity index (χ3v) is 2.82. The second-order valence-corrected chi connectivity index (χ2v) is 5.31. The average molecular weight is 237 g/mol. The molecule has 1 fully saturated rings. The maximum absolute atomic E-state index is 13.7. The minimum Gasteiger partial charge on any atom is -0.355 e. The molecule has 2 rings (SSSR count). The van der Waals surface area contributed by atoms with Crippen LogP contribution in [0.1, 0.15) is 44.6 Å². The number of hydrogen-bond donors (Lipinski definition) is 1. The summed E-state index contributed by atoms with van der Waals surface area (Å²) in [7, 11) is 0. The lowest BCUT2D eigenvalue weighted by Crippen LogP contribution is -2.22. The third-order valence-electron chi connectivity index (χ3n) is 2.82. The number of carbonyl (C=O) groups is 1. The van der Waals surface area contributed by atoms with Gasteiger partial charge in [-0.15, -0.1) is 0 Å². The van der Waals surface area contributed by atoms with Gasteiger partial charge in [0, 0.05) is 12.0 Å². The predicted octanol–water partition coefficient (Wildman–Crippen LogP) is 1.52. The second-order valence-electron chi connectivity index (χ2n) is 5.31. The van der Waals surface area contributed by atoms with E-state index in [0.717, 1.165) is 6.20 Å². The quantitative estimate of drug-likeness (QED) is 0.805. The van der Waals surface area contributed by atoms with Crippen molar-refractivity contribution < 1.29 is 9.18 Å². The molecule has 1 aliphatic heterocycles. The van der Waals surface area contributed by atoms with Crippen LogP contribution in [0.5, 0.6) is 0 Å². The van der Waals surface area contributed by atoms with Crippen LogP contribution < -0.4 is 5.32 Å². The Morgan fingerprint density at radius 1 is 1.47 bits per heavy atom. The van der Waals surface area contributed by atoms with E-state index in [1.807, 2.05) is 20.8 Å². The Hall–Kier alpha value is -1.52. The first-order chi connectivity index (χ1) is 7.89. The van der Waals surface area contributed by atoms with E-state index < -0.39 is 11.7 Å². The molecular formula is C12H16FN3O. The number of aromatic nitrogens is 2. The zero-order valence-corrected chi connectivity index (χ0v) is 10.2. The van der Waals surface area contributed by atoms with Gasteiger partial charge in [-0.3, -0.25) is 4.79 Å². The lowest BCUT2D eigenvalue weighted by molar-refractivity contribution is -0.120. The fourth-order valence-corrected chi connectivity index (χ4v) is 1.84. The molecule has 5 heteroatoms. The number of rotatable bonds is 1. The molecule has 1 atom stereocenters. The summed E-state index contributed by atoms with van der Waals surface area (Å²) >= 11 is 0. The number of nitrogens with zero attached hydrogens (tertiary/aromatic N) is 2. The summed E-state index contributed by atoms with van der Waals surface area (Å²) in [5.74, 6) is -0.560. The number of hydrogen-bond acceptors (Lipinski definition) is 3. The molecule has 1 saturated heterocycles. The van der Waals surface area contributed by atoms with Crippen LogP contribution in [0.2, 0.25) is 0 Å². The summed E-state index contributed by atoms with van der Waals surface area (Å²) < 4.78 is 13.7. The molecule has 4 nitrogen and oxygen atoms in total. The van der Waals surface area contributed by atoms with Crippen LogP contribution in [0.3, 0.4) is 0 Å². The molecule has 1 aliphatic rings. The van der Waals surface area contributed by atoms with Gasteiger partial charge < -0.3 is 5.32 Å². The fraction of sp³-hybridized carbons (Fsp3) is 0.583. The largest absolute Gasteiger partial charge is 0.355 e. The Morgan fingerprint density at radius 2 is 2.18 bits per heavy atom. The molecular weight excluding hydrogens is 221 g/mol. The lowest BCUT2D eigenvalue weighted by atomic mass is 9.95. The molecule has 1 N–H and O–H groups in total. The molecule has 0 spiro atoms. The average Bonchev–Trinajstić information content (AvgIpc) is 2.63. The first kappa shape index (κ1) is 12.0. The van der Waals surface area contributed by atoms with Crippen molar-refractivity contribution >= 4 is 5.91 Å². The van der Waals surface area contributed by atoms with Crippen LogP contribution in [0, 0.1) is 5.82 Å². The van der Waals surface area contributed by atoms with Crippen molar-refractivity contribution in [3.63, 3.8) is 0 Å². The van der Waals surface area contributed by atoms with Gasteiger partial charge in [0.2, 0.25) is 5.91 Å². The predicted molar refractivity (Wildman–Crippen MR) is 61.1 cm³/mol. The van der Waals surface area contributed by atoms with Crippen LogP contribution in [-0.4, -0.2) is 22.4 Å². The minimum atomic E-state index is -0.500. The molecule has 92 valence electrons. The van der Waals surface area contributed by atoms with Crippen molar-refractivity contribution in [1.29, 1.82) is 0 Å². The smallest absolute Gasteiger partial charge is 0.229 e. The van der Waals surface area contributed by atoms with Gasteiger partial charge >= 0.3 is 0 Å². The highest BCUT2D eigenvalue weighted by Gasteiger charge is 2.31. The molecule has 17 heavy (non-hydrogen) atoms. The van der Waals surface area contributed by atoms with Crippen molar-refractivity contribution in [2.45, 2.75) is 38.5 Å². The van der Waals surface area contributed by atoms with E-state index in [1.165, 1.54) is 0 Å². The van der Waals surface area contributed by atoms with E-state index in [2.05, 4.69) is 15.3 Å². The summed E-state index contributed by atoms with van der Waals surface area (Å²) in [5.41, 5.74) is -0.0303. The van der Waals surface area contributed by atoms with E-state index in [1.54, 1.807) is 0 Å². The van der Waals surface area contributed by atoms with E-state index in [9.17, 15) is 9.18 Å². The summed E-state index contributed by atoms with van der Waals surface area (Å²) in [6.45, 7) is 6.45. The number of nitrogens with one attached hydrogen (secondary N) is 1. The van der Waals surface area contributed by atoms with Crippen molar-refractivity contribution in [3.05, 3.63) is 23.5 Å². The standard InChI is InChI=1S/C12H16FN3O/c1-12(2,3)11-15-6-8(13)9(16-11)7-4-5-14-10(7)17/h6-7H,4-5H2,1-3H3,(H,14,17)/t7-/m0/s1. The molecule has 0 aliphatic carbocycles. The van der Waals surface area contributed by atoms with Gasteiger partial charge in [0.25, 0.3) is 0 Å². The number of amides is 1. The zero-order chi connectivity index (χ0) is 12.6. The molecule has 1 aromatic heterocycles. The van der Waals surface area contributed by atoms with Gasteiger partial charge in [0.15, 0.2) is 5.82 Å². The highest BCUT2D eigenvalue weighted by atomic mass is 19.1. The van der Waals surface area contributed by atoms with Crippen molar-refractivity contribution in [2.24, 2.45) is 0 Å².